The summed E-state index contributed by atoms with van der Waals surface area (Å²) in [5, 5.41) is 0.0507. The summed E-state index contributed by atoms with van der Waals surface area (Å²) < 4.78 is 43.2. The molecule has 1 aliphatic heterocycles. The van der Waals surface area contributed by atoms with Crippen LogP contribution in [0.15, 0.2) is 47.4 Å². The van der Waals surface area contributed by atoms with Gasteiger partial charge in [0.15, 0.2) is 0 Å². The van der Waals surface area contributed by atoms with Gasteiger partial charge in [-0.15, -0.1) is 0 Å². The molecule has 3 rings (SSSR count). The molecule has 7 nitrogen and oxygen atoms in total. The molecule has 9 heteroatoms. The summed E-state index contributed by atoms with van der Waals surface area (Å²) in [5.74, 6) is -0.0131. The van der Waals surface area contributed by atoms with Crippen molar-refractivity contribution in [2.24, 2.45) is 0 Å². The Morgan fingerprint density at radius 1 is 1.17 bits per heavy atom. The Labute approximate surface area is 175 Å². The predicted octanol–water partition coefficient (Wildman–Crippen LogP) is 3.12. The highest BCUT2D eigenvalue weighted by Crippen LogP contribution is 2.27. The normalized spacial score (nSPS) is 15.1. The lowest BCUT2D eigenvalue weighted by Crippen LogP contribution is -2.40. The molecule has 2 aromatic rings. The lowest BCUT2D eigenvalue weighted by molar-refractivity contribution is 0.0469. The smallest absolute Gasteiger partial charge is 0.338 e. The highest BCUT2D eigenvalue weighted by molar-refractivity contribution is 7.89. The van der Waals surface area contributed by atoms with E-state index in [0.29, 0.717) is 25.6 Å². The molecule has 0 saturated carbocycles. The zero-order valence-corrected chi connectivity index (χ0v) is 17.5. The van der Waals surface area contributed by atoms with Crippen LogP contribution >= 0.6 is 11.6 Å². The molecule has 29 heavy (non-hydrogen) atoms. The van der Waals surface area contributed by atoms with Gasteiger partial charge in [0.05, 0.1) is 30.4 Å². The van der Waals surface area contributed by atoms with Crippen molar-refractivity contribution in [3.05, 3.63) is 58.6 Å². The van der Waals surface area contributed by atoms with E-state index in [-0.39, 0.29) is 35.2 Å². The number of carbonyl (C=O) groups is 1. The first-order valence-corrected chi connectivity index (χ1v) is 11.0. The largest absolute Gasteiger partial charge is 0.493 e. The van der Waals surface area contributed by atoms with Gasteiger partial charge in [0.2, 0.25) is 10.0 Å². The first kappa shape index (κ1) is 21.6. The highest BCUT2D eigenvalue weighted by atomic mass is 35.5. The van der Waals surface area contributed by atoms with Gasteiger partial charge >= 0.3 is 5.97 Å². The average Bonchev–Trinajstić information content (AvgIpc) is 2.74. The fraction of sp³-hybridized carbons (Fsp3) is 0.350. The van der Waals surface area contributed by atoms with Crippen LogP contribution in [-0.2, 0) is 26.1 Å². The van der Waals surface area contributed by atoms with Gasteiger partial charge in [-0.2, -0.15) is 4.31 Å². The summed E-state index contributed by atoms with van der Waals surface area (Å²) in [6, 6.07) is 11.3. The molecule has 0 unspecified atom stereocenters. The summed E-state index contributed by atoms with van der Waals surface area (Å²) in [4.78, 5) is 12.4. The monoisotopic (exact) mass is 439 g/mol. The molecule has 156 valence electrons. The molecule has 2 aromatic carbocycles. The standard InChI is InChI=1S/C20H22ClNO6S/c1-2-27-18-6-4-3-5-16(18)14-28-20(23)15-7-8-17(21)19(13-15)29(24,25)22-9-11-26-12-10-22/h3-8,13H,2,9-12,14H2,1H3. The van der Waals surface area contributed by atoms with Gasteiger partial charge in [-0.05, 0) is 31.2 Å². The van der Waals surface area contributed by atoms with E-state index in [1.807, 2.05) is 19.1 Å². The van der Waals surface area contributed by atoms with Gasteiger partial charge in [0, 0.05) is 18.7 Å². The van der Waals surface area contributed by atoms with E-state index in [9.17, 15) is 13.2 Å². The van der Waals surface area contributed by atoms with Crippen LogP contribution in [-0.4, -0.2) is 51.6 Å². The third kappa shape index (κ3) is 5.08. The number of ether oxygens (including phenoxy) is 3. The topological polar surface area (TPSA) is 82.1 Å². The number of benzene rings is 2. The van der Waals surface area contributed by atoms with E-state index >= 15 is 0 Å². The Balaban J connectivity index is 1.78. The molecule has 0 bridgehead atoms. The molecule has 0 spiro atoms. The predicted molar refractivity (Wildman–Crippen MR) is 108 cm³/mol. The zero-order valence-electron chi connectivity index (χ0n) is 16.0. The van der Waals surface area contributed by atoms with Crippen molar-refractivity contribution < 1.29 is 27.4 Å². The minimum atomic E-state index is -3.84. The number of sulfonamides is 1. The Bertz CT molecular complexity index is 973. The first-order chi connectivity index (χ1) is 13.9. The van der Waals surface area contributed by atoms with Gasteiger partial charge in [-0.1, -0.05) is 29.8 Å². The van der Waals surface area contributed by atoms with E-state index < -0.39 is 16.0 Å². The lowest BCUT2D eigenvalue weighted by atomic mass is 10.2. The van der Waals surface area contributed by atoms with Crippen LogP contribution in [0.25, 0.3) is 0 Å². The molecule has 0 N–H and O–H groups in total. The van der Waals surface area contributed by atoms with E-state index in [1.165, 1.54) is 22.5 Å². The summed E-state index contributed by atoms with van der Waals surface area (Å²) in [7, 11) is -3.84. The second kappa shape index (κ2) is 9.58. The van der Waals surface area contributed by atoms with Crippen LogP contribution in [0.4, 0.5) is 0 Å². The molecular formula is C20H22ClNO6S. The van der Waals surface area contributed by atoms with Crippen molar-refractivity contribution >= 4 is 27.6 Å². The minimum absolute atomic E-state index is 0.00316. The van der Waals surface area contributed by atoms with Gasteiger partial charge < -0.3 is 14.2 Å². The Morgan fingerprint density at radius 2 is 1.90 bits per heavy atom. The van der Waals surface area contributed by atoms with E-state index in [1.54, 1.807) is 12.1 Å². The van der Waals surface area contributed by atoms with Crippen molar-refractivity contribution in [2.45, 2.75) is 18.4 Å². The van der Waals surface area contributed by atoms with Crippen LogP contribution in [0.1, 0.15) is 22.8 Å². The van der Waals surface area contributed by atoms with Crippen LogP contribution < -0.4 is 4.74 Å². The second-order valence-electron chi connectivity index (χ2n) is 6.28. The molecular weight excluding hydrogens is 418 g/mol. The van der Waals surface area contributed by atoms with Crippen molar-refractivity contribution in [3.63, 3.8) is 0 Å². The average molecular weight is 440 g/mol. The van der Waals surface area contributed by atoms with E-state index in [0.717, 1.165) is 5.56 Å². The quantitative estimate of drug-likeness (QED) is 0.616. The summed E-state index contributed by atoms with van der Waals surface area (Å²) in [6.07, 6.45) is 0. The fourth-order valence-electron chi connectivity index (χ4n) is 2.90. The number of morpholine rings is 1. The van der Waals surface area contributed by atoms with Crippen molar-refractivity contribution in [1.82, 2.24) is 4.31 Å². The minimum Gasteiger partial charge on any atom is -0.493 e. The second-order valence-corrected chi connectivity index (χ2v) is 8.59. The number of carbonyl (C=O) groups excluding carboxylic acids is 1. The maximum Gasteiger partial charge on any atom is 0.338 e. The Morgan fingerprint density at radius 3 is 2.62 bits per heavy atom. The number of hydrogen-bond acceptors (Lipinski definition) is 6. The zero-order chi connectivity index (χ0) is 20.9. The third-order valence-corrected chi connectivity index (χ3v) is 6.77. The highest BCUT2D eigenvalue weighted by Gasteiger charge is 2.29. The molecule has 0 radical (unpaired) electrons. The number of esters is 1. The van der Waals surface area contributed by atoms with Crippen molar-refractivity contribution in [3.8, 4) is 5.75 Å². The van der Waals surface area contributed by atoms with Crippen LogP contribution in [0.2, 0.25) is 5.02 Å². The molecule has 1 aliphatic rings. The Hall–Kier alpha value is -2.13. The third-order valence-electron chi connectivity index (χ3n) is 4.39. The number of nitrogens with zero attached hydrogens (tertiary/aromatic N) is 1. The molecule has 1 saturated heterocycles. The number of rotatable bonds is 7. The molecule has 1 heterocycles. The van der Waals surface area contributed by atoms with E-state index in [2.05, 4.69) is 0 Å². The maximum atomic E-state index is 12.9. The number of para-hydroxylation sites is 1. The lowest BCUT2D eigenvalue weighted by Gasteiger charge is -2.26. The van der Waals surface area contributed by atoms with Crippen LogP contribution in [0.3, 0.4) is 0 Å². The maximum absolute atomic E-state index is 12.9. The SMILES string of the molecule is CCOc1ccccc1COC(=O)c1ccc(Cl)c(S(=O)(=O)N2CCOCC2)c1. The summed E-state index contributed by atoms with van der Waals surface area (Å²) >= 11 is 6.13. The molecule has 1 fully saturated rings. The van der Waals surface area contributed by atoms with Gasteiger partial charge in [-0.25, -0.2) is 13.2 Å². The first-order valence-electron chi connectivity index (χ1n) is 9.18. The van der Waals surface area contributed by atoms with Crippen molar-refractivity contribution in [1.29, 1.82) is 0 Å². The van der Waals surface area contributed by atoms with E-state index in [4.69, 9.17) is 25.8 Å². The van der Waals surface area contributed by atoms with Gasteiger partial charge in [-0.3, -0.25) is 0 Å². The molecule has 0 aromatic heterocycles. The van der Waals surface area contributed by atoms with Crippen molar-refractivity contribution in [2.75, 3.05) is 32.9 Å². The van der Waals surface area contributed by atoms with Crippen LogP contribution in [0.5, 0.6) is 5.75 Å². The molecule has 0 amide bonds. The Kier molecular flexibility index (Phi) is 7.13. The molecule has 0 aliphatic carbocycles. The summed E-state index contributed by atoms with van der Waals surface area (Å²) in [6.45, 7) is 3.47. The fourth-order valence-corrected chi connectivity index (χ4v) is 4.81. The van der Waals surface area contributed by atoms with Gasteiger partial charge in [0.1, 0.15) is 17.3 Å². The van der Waals surface area contributed by atoms with Gasteiger partial charge in [0.25, 0.3) is 0 Å². The number of halogens is 1. The number of hydrogen-bond donors (Lipinski definition) is 0. The summed E-state index contributed by atoms with van der Waals surface area (Å²) in [5.41, 5.74) is 0.827. The van der Waals surface area contributed by atoms with Crippen LogP contribution in [0, 0.1) is 0 Å². The molecule has 0 atom stereocenters.